The van der Waals surface area contributed by atoms with Crippen LogP contribution in [0, 0.1) is 11.3 Å². The Bertz CT molecular complexity index is 369. The monoisotopic (exact) mass is 220 g/mol. The van der Waals surface area contributed by atoms with Gasteiger partial charge < -0.3 is 4.74 Å². The molecule has 1 heterocycles. The summed E-state index contributed by atoms with van der Waals surface area (Å²) in [5.74, 6) is 0.499. The first-order valence-electron chi connectivity index (χ1n) is 6.47. The number of esters is 1. The highest BCUT2D eigenvalue weighted by atomic mass is 16.5. The molecule has 1 saturated heterocycles. The van der Waals surface area contributed by atoms with Crippen molar-refractivity contribution in [2.24, 2.45) is 11.3 Å². The topological polar surface area (TPSA) is 26.3 Å². The molecule has 1 aliphatic heterocycles. The Balaban J connectivity index is 1.94. The molecule has 0 N–H and O–H groups in total. The first-order chi connectivity index (χ1) is 7.58. The highest BCUT2D eigenvalue weighted by Crippen LogP contribution is 2.53. The van der Waals surface area contributed by atoms with Gasteiger partial charge in [-0.25, -0.2) is 0 Å². The third-order valence-electron chi connectivity index (χ3n) is 4.88. The van der Waals surface area contributed by atoms with Gasteiger partial charge >= 0.3 is 5.97 Å². The van der Waals surface area contributed by atoms with Crippen LogP contribution in [0.1, 0.15) is 52.4 Å². The van der Waals surface area contributed by atoms with E-state index in [1.54, 1.807) is 11.1 Å². The minimum Gasteiger partial charge on any atom is -0.462 e. The normalized spacial score (nSPS) is 42.8. The number of hydrogen-bond acceptors (Lipinski definition) is 2. The summed E-state index contributed by atoms with van der Waals surface area (Å²) in [6.45, 7) is 4.65. The van der Waals surface area contributed by atoms with Gasteiger partial charge in [0.1, 0.15) is 6.10 Å². The summed E-state index contributed by atoms with van der Waals surface area (Å²) in [7, 11) is 0. The average molecular weight is 220 g/mol. The minimum atomic E-state index is 0.0236. The van der Waals surface area contributed by atoms with Crippen molar-refractivity contribution in [3.63, 3.8) is 0 Å². The molecular formula is C14H20O2. The number of fused-ring (bicyclic) bond motifs is 2. The van der Waals surface area contributed by atoms with Gasteiger partial charge in [-0.15, -0.1) is 0 Å². The minimum absolute atomic E-state index is 0.0236. The van der Waals surface area contributed by atoms with Crippen LogP contribution in [0.3, 0.4) is 0 Å². The van der Waals surface area contributed by atoms with Crippen LogP contribution < -0.4 is 0 Å². The molecule has 3 aliphatic rings. The molecule has 3 unspecified atom stereocenters. The highest BCUT2D eigenvalue weighted by molar-refractivity contribution is 5.72. The lowest BCUT2D eigenvalue weighted by Crippen LogP contribution is -2.37. The van der Waals surface area contributed by atoms with E-state index in [1.165, 1.54) is 19.3 Å². The maximum absolute atomic E-state index is 11.4. The van der Waals surface area contributed by atoms with E-state index in [2.05, 4.69) is 13.8 Å². The van der Waals surface area contributed by atoms with E-state index < -0.39 is 0 Å². The van der Waals surface area contributed by atoms with E-state index in [1.807, 2.05) is 0 Å². The Hall–Kier alpha value is -0.790. The van der Waals surface area contributed by atoms with Crippen molar-refractivity contribution >= 4 is 5.97 Å². The van der Waals surface area contributed by atoms with E-state index in [0.29, 0.717) is 17.8 Å². The predicted molar refractivity (Wildman–Crippen MR) is 61.9 cm³/mol. The number of hydrogen-bond donors (Lipinski definition) is 0. The van der Waals surface area contributed by atoms with Crippen molar-refractivity contribution in [3.05, 3.63) is 11.1 Å². The summed E-state index contributed by atoms with van der Waals surface area (Å²) < 4.78 is 5.45. The summed E-state index contributed by atoms with van der Waals surface area (Å²) in [5.41, 5.74) is 3.57. The Labute approximate surface area is 97.1 Å². The summed E-state index contributed by atoms with van der Waals surface area (Å²) in [6.07, 6.45) is 6.88. The largest absolute Gasteiger partial charge is 0.462 e. The number of rotatable bonds is 0. The van der Waals surface area contributed by atoms with Gasteiger partial charge in [0.25, 0.3) is 0 Å². The zero-order chi connectivity index (χ0) is 11.3. The zero-order valence-electron chi connectivity index (χ0n) is 10.2. The molecular weight excluding hydrogens is 200 g/mol. The Morgan fingerprint density at radius 1 is 1.38 bits per heavy atom. The third-order valence-corrected chi connectivity index (χ3v) is 4.88. The molecule has 2 aliphatic carbocycles. The molecule has 0 aromatic rings. The van der Waals surface area contributed by atoms with E-state index in [-0.39, 0.29) is 12.1 Å². The SMILES string of the molecule is CC1=C2CC3CC(=O)OC3CC2(C)CCC1. The van der Waals surface area contributed by atoms with Crippen molar-refractivity contribution in [1.82, 2.24) is 0 Å². The van der Waals surface area contributed by atoms with Crippen LogP contribution in [0.4, 0.5) is 0 Å². The van der Waals surface area contributed by atoms with Crippen LogP contribution in [0.15, 0.2) is 11.1 Å². The van der Waals surface area contributed by atoms with Gasteiger partial charge in [-0.3, -0.25) is 4.79 Å². The lowest BCUT2D eigenvalue weighted by atomic mass is 9.61. The average Bonchev–Trinajstić information content (AvgIpc) is 2.54. The Morgan fingerprint density at radius 3 is 3.00 bits per heavy atom. The van der Waals surface area contributed by atoms with Crippen LogP contribution in [-0.2, 0) is 9.53 Å². The Kier molecular flexibility index (Phi) is 2.17. The molecule has 2 nitrogen and oxygen atoms in total. The van der Waals surface area contributed by atoms with E-state index in [4.69, 9.17) is 4.74 Å². The molecule has 88 valence electrons. The van der Waals surface area contributed by atoms with Crippen LogP contribution >= 0.6 is 0 Å². The maximum Gasteiger partial charge on any atom is 0.306 e. The molecule has 3 atom stereocenters. The fraction of sp³-hybridized carbons (Fsp3) is 0.786. The molecule has 0 aromatic heterocycles. The molecule has 2 heteroatoms. The quantitative estimate of drug-likeness (QED) is 0.463. The van der Waals surface area contributed by atoms with E-state index >= 15 is 0 Å². The molecule has 0 bridgehead atoms. The second-order valence-corrected chi connectivity index (χ2v) is 6.07. The van der Waals surface area contributed by atoms with Crippen molar-refractivity contribution in [2.75, 3.05) is 0 Å². The molecule has 0 amide bonds. The van der Waals surface area contributed by atoms with Crippen LogP contribution in [0.25, 0.3) is 0 Å². The molecule has 1 saturated carbocycles. The summed E-state index contributed by atoms with van der Waals surface area (Å²) in [4.78, 5) is 11.4. The van der Waals surface area contributed by atoms with Crippen LogP contribution in [-0.4, -0.2) is 12.1 Å². The fourth-order valence-electron chi connectivity index (χ4n) is 3.98. The summed E-state index contributed by atoms with van der Waals surface area (Å²) >= 11 is 0. The predicted octanol–water partition coefficient (Wildman–Crippen LogP) is 3.22. The van der Waals surface area contributed by atoms with Gasteiger partial charge in [-0.1, -0.05) is 18.1 Å². The molecule has 0 aromatic carbocycles. The van der Waals surface area contributed by atoms with Crippen molar-refractivity contribution in [1.29, 1.82) is 0 Å². The van der Waals surface area contributed by atoms with Gasteiger partial charge in [0.15, 0.2) is 0 Å². The smallest absolute Gasteiger partial charge is 0.306 e. The molecule has 3 rings (SSSR count). The number of allylic oxidation sites excluding steroid dienone is 2. The first-order valence-corrected chi connectivity index (χ1v) is 6.47. The standard InChI is InChI=1S/C14H20O2/c1-9-4-3-5-14(2)8-12-10(6-11(9)14)7-13(15)16-12/h10,12H,3-8H2,1-2H3. The summed E-state index contributed by atoms with van der Waals surface area (Å²) in [6, 6.07) is 0. The third kappa shape index (κ3) is 1.42. The highest BCUT2D eigenvalue weighted by Gasteiger charge is 2.47. The van der Waals surface area contributed by atoms with Crippen molar-refractivity contribution in [2.45, 2.75) is 58.5 Å². The number of carbonyl (C=O) groups is 1. The van der Waals surface area contributed by atoms with Crippen LogP contribution in [0.2, 0.25) is 0 Å². The van der Waals surface area contributed by atoms with E-state index in [0.717, 1.165) is 12.8 Å². The van der Waals surface area contributed by atoms with Gasteiger partial charge in [-0.05, 0) is 44.4 Å². The first kappa shape index (κ1) is 10.4. The summed E-state index contributed by atoms with van der Waals surface area (Å²) in [5, 5.41) is 0. The van der Waals surface area contributed by atoms with Gasteiger partial charge in [-0.2, -0.15) is 0 Å². The lowest BCUT2D eigenvalue weighted by molar-refractivity contribution is -0.142. The lowest BCUT2D eigenvalue weighted by Gasteiger charge is -2.45. The second-order valence-electron chi connectivity index (χ2n) is 6.07. The fourth-order valence-corrected chi connectivity index (χ4v) is 3.98. The molecule has 0 spiro atoms. The Morgan fingerprint density at radius 2 is 2.19 bits per heavy atom. The number of carbonyl (C=O) groups excluding carboxylic acids is 1. The second kappa shape index (κ2) is 3.35. The van der Waals surface area contributed by atoms with Crippen molar-refractivity contribution < 1.29 is 9.53 Å². The molecule has 2 fully saturated rings. The maximum atomic E-state index is 11.4. The van der Waals surface area contributed by atoms with E-state index in [9.17, 15) is 4.79 Å². The molecule has 16 heavy (non-hydrogen) atoms. The van der Waals surface area contributed by atoms with Gasteiger partial charge in [0.05, 0.1) is 6.42 Å². The number of ether oxygens (including phenoxy) is 1. The van der Waals surface area contributed by atoms with Crippen molar-refractivity contribution in [3.8, 4) is 0 Å². The van der Waals surface area contributed by atoms with Gasteiger partial charge in [0.2, 0.25) is 0 Å². The zero-order valence-corrected chi connectivity index (χ0v) is 10.2. The molecule has 0 radical (unpaired) electrons. The van der Waals surface area contributed by atoms with Gasteiger partial charge in [0, 0.05) is 5.92 Å². The van der Waals surface area contributed by atoms with Crippen LogP contribution in [0.5, 0.6) is 0 Å².